The van der Waals surface area contributed by atoms with E-state index in [2.05, 4.69) is 53.5 Å². The second kappa shape index (κ2) is 5.13. The molecule has 0 aliphatic rings. The standard InChI is InChI=1S/C13H17NS2/c1-13(2,12-4-3-6-16-12)10-14-8-11-5-7-15-9-11/h3-7,9,14H,8,10H2,1-2H3. The van der Waals surface area contributed by atoms with Gasteiger partial charge in [0.1, 0.15) is 0 Å². The van der Waals surface area contributed by atoms with Crippen molar-refractivity contribution in [1.29, 1.82) is 0 Å². The van der Waals surface area contributed by atoms with E-state index in [1.54, 1.807) is 11.3 Å². The average molecular weight is 251 g/mol. The average Bonchev–Trinajstić information content (AvgIpc) is 2.90. The SMILES string of the molecule is CC(C)(CNCc1ccsc1)c1cccs1. The van der Waals surface area contributed by atoms with Gasteiger partial charge in [-0.3, -0.25) is 0 Å². The van der Waals surface area contributed by atoms with E-state index in [0.717, 1.165) is 13.1 Å². The van der Waals surface area contributed by atoms with Gasteiger partial charge < -0.3 is 5.32 Å². The lowest BCUT2D eigenvalue weighted by Crippen LogP contribution is -2.31. The van der Waals surface area contributed by atoms with Crippen LogP contribution in [0, 0.1) is 0 Å². The number of hydrogen-bond donors (Lipinski definition) is 1. The zero-order chi connectivity index (χ0) is 11.4. The maximum Gasteiger partial charge on any atom is 0.0214 e. The van der Waals surface area contributed by atoms with Crippen molar-refractivity contribution >= 4 is 22.7 Å². The highest BCUT2D eigenvalue weighted by molar-refractivity contribution is 7.10. The van der Waals surface area contributed by atoms with Gasteiger partial charge in [-0.05, 0) is 33.8 Å². The number of thiophene rings is 2. The van der Waals surface area contributed by atoms with Crippen LogP contribution in [-0.2, 0) is 12.0 Å². The summed E-state index contributed by atoms with van der Waals surface area (Å²) < 4.78 is 0. The predicted molar refractivity (Wildman–Crippen MR) is 73.4 cm³/mol. The lowest BCUT2D eigenvalue weighted by atomic mass is 9.91. The summed E-state index contributed by atoms with van der Waals surface area (Å²) >= 11 is 3.60. The number of rotatable bonds is 5. The third kappa shape index (κ3) is 2.94. The van der Waals surface area contributed by atoms with E-state index in [1.807, 2.05) is 11.3 Å². The predicted octanol–water partition coefficient (Wildman–Crippen LogP) is 3.88. The monoisotopic (exact) mass is 251 g/mol. The highest BCUT2D eigenvalue weighted by Gasteiger charge is 2.20. The van der Waals surface area contributed by atoms with E-state index < -0.39 is 0 Å². The van der Waals surface area contributed by atoms with Gasteiger partial charge in [0.15, 0.2) is 0 Å². The van der Waals surface area contributed by atoms with Crippen molar-refractivity contribution in [2.75, 3.05) is 6.54 Å². The molecule has 0 spiro atoms. The van der Waals surface area contributed by atoms with Gasteiger partial charge in [0.2, 0.25) is 0 Å². The second-order valence-electron chi connectivity index (χ2n) is 4.60. The fraction of sp³-hybridized carbons (Fsp3) is 0.385. The van der Waals surface area contributed by atoms with Crippen LogP contribution >= 0.6 is 22.7 Å². The molecule has 0 aromatic carbocycles. The first-order valence-corrected chi connectivity index (χ1v) is 7.26. The topological polar surface area (TPSA) is 12.0 Å². The molecule has 0 aliphatic carbocycles. The van der Waals surface area contributed by atoms with E-state index >= 15 is 0 Å². The summed E-state index contributed by atoms with van der Waals surface area (Å²) in [5, 5.41) is 10.0. The summed E-state index contributed by atoms with van der Waals surface area (Å²) in [5.41, 5.74) is 1.61. The van der Waals surface area contributed by atoms with Crippen LogP contribution in [0.15, 0.2) is 34.3 Å². The minimum absolute atomic E-state index is 0.226. The van der Waals surface area contributed by atoms with E-state index in [0.29, 0.717) is 0 Å². The fourth-order valence-corrected chi connectivity index (χ4v) is 3.18. The molecule has 0 saturated heterocycles. The molecule has 1 N–H and O–H groups in total. The second-order valence-corrected chi connectivity index (χ2v) is 6.32. The highest BCUT2D eigenvalue weighted by atomic mass is 32.1. The molecule has 0 fully saturated rings. The summed E-state index contributed by atoms with van der Waals surface area (Å²) in [5.74, 6) is 0. The van der Waals surface area contributed by atoms with Crippen LogP contribution in [0.5, 0.6) is 0 Å². The number of hydrogen-bond acceptors (Lipinski definition) is 3. The largest absolute Gasteiger partial charge is 0.312 e. The third-order valence-corrected chi connectivity index (χ3v) is 4.63. The third-order valence-electron chi connectivity index (χ3n) is 2.66. The van der Waals surface area contributed by atoms with E-state index in [-0.39, 0.29) is 5.41 Å². The molecule has 0 unspecified atom stereocenters. The summed E-state index contributed by atoms with van der Waals surface area (Å²) in [6.07, 6.45) is 0. The Morgan fingerprint density at radius 2 is 2.12 bits per heavy atom. The molecular weight excluding hydrogens is 234 g/mol. The molecule has 0 amide bonds. The minimum atomic E-state index is 0.226. The van der Waals surface area contributed by atoms with E-state index in [9.17, 15) is 0 Å². The molecule has 2 rings (SSSR count). The van der Waals surface area contributed by atoms with Gasteiger partial charge in [0.25, 0.3) is 0 Å². The van der Waals surface area contributed by atoms with Crippen molar-refractivity contribution in [1.82, 2.24) is 5.32 Å². The summed E-state index contributed by atoms with van der Waals surface area (Å²) in [6.45, 7) is 6.57. The Labute approximate surface area is 105 Å². The highest BCUT2D eigenvalue weighted by Crippen LogP contribution is 2.26. The first kappa shape index (κ1) is 11.8. The molecule has 2 heterocycles. The lowest BCUT2D eigenvalue weighted by Gasteiger charge is -2.23. The molecular formula is C13H17NS2. The molecule has 0 aliphatic heterocycles. The van der Waals surface area contributed by atoms with E-state index in [1.165, 1.54) is 10.4 Å². The Morgan fingerprint density at radius 1 is 1.25 bits per heavy atom. The minimum Gasteiger partial charge on any atom is -0.312 e. The summed E-state index contributed by atoms with van der Waals surface area (Å²) in [6, 6.07) is 6.52. The number of nitrogens with one attached hydrogen (secondary N) is 1. The maximum atomic E-state index is 3.53. The van der Waals surface area contributed by atoms with Gasteiger partial charge in [-0.15, -0.1) is 11.3 Å². The van der Waals surface area contributed by atoms with Crippen molar-refractivity contribution in [2.24, 2.45) is 0 Å². The Bertz CT molecular complexity index is 401. The molecule has 16 heavy (non-hydrogen) atoms. The molecule has 1 nitrogen and oxygen atoms in total. The van der Waals surface area contributed by atoms with Crippen molar-refractivity contribution < 1.29 is 0 Å². The molecule has 2 aromatic rings. The smallest absolute Gasteiger partial charge is 0.0214 e. The Hall–Kier alpha value is -0.640. The first-order valence-electron chi connectivity index (χ1n) is 5.44. The van der Waals surface area contributed by atoms with Crippen LogP contribution in [0.2, 0.25) is 0 Å². The van der Waals surface area contributed by atoms with Crippen LogP contribution in [0.25, 0.3) is 0 Å². The maximum absolute atomic E-state index is 3.53. The Kier molecular flexibility index (Phi) is 3.79. The van der Waals surface area contributed by atoms with Crippen LogP contribution in [0.1, 0.15) is 24.3 Å². The van der Waals surface area contributed by atoms with Gasteiger partial charge in [-0.2, -0.15) is 11.3 Å². The van der Waals surface area contributed by atoms with Crippen LogP contribution < -0.4 is 5.32 Å². The first-order chi connectivity index (χ1) is 7.68. The molecule has 0 radical (unpaired) electrons. The van der Waals surface area contributed by atoms with Gasteiger partial charge >= 0.3 is 0 Å². The van der Waals surface area contributed by atoms with Crippen molar-refractivity contribution in [2.45, 2.75) is 25.8 Å². The molecule has 2 aromatic heterocycles. The van der Waals surface area contributed by atoms with E-state index in [4.69, 9.17) is 0 Å². The van der Waals surface area contributed by atoms with Crippen LogP contribution in [0.4, 0.5) is 0 Å². The zero-order valence-corrected chi connectivity index (χ0v) is 11.3. The Balaban J connectivity index is 1.85. The molecule has 0 bridgehead atoms. The van der Waals surface area contributed by atoms with Crippen LogP contribution in [0.3, 0.4) is 0 Å². The van der Waals surface area contributed by atoms with Crippen molar-refractivity contribution in [3.63, 3.8) is 0 Å². The van der Waals surface area contributed by atoms with Crippen molar-refractivity contribution in [3.05, 3.63) is 44.8 Å². The molecule has 0 atom stereocenters. The van der Waals surface area contributed by atoms with Crippen molar-refractivity contribution in [3.8, 4) is 0 Å². The van der Waals surface area contributed by atoms with Gasteiger partial charge in [-0.25, -0.2) is 0 Å². The normalized spacial score (nSPS) is 11.9. The summed E-state index contributed by atoms with van der Waals surface area (Å²) in [7, 11) is 0. The van der Waals surface area contributed by atoms with Gasteiger partial charge in [0.05, 0.1) is 0 Å². The van der Waals surface area contributed by atoms with Gasteiger partial charge in [0, 0.05) is 23.4 Å². The quantitative estimate of drug-likeness (QED) is 0.850. The Morgan fingerprint density at radius 3 is 2.75 bits per heavy atom. The lowest BCUT2D eigenvalue weighted by molar-refractivity contribution is 0.477. The fourth-order valence-electron chi connectivity index (χ4n) is 1.66. The van der Waals surface area contributed by atoms with Crippen LogP contribution in [-0.4, -0.2) is 6.54 Å². The molecule has 3 heteroatoms. The van der Waals surface area contributed by atoms with Gasteiger partial charge in [-0.1, -0.05) is 19.9 Å². The summed E-state index contributed by atoms with van der Waals surface area (Å²) in [4.78, 5) is 1.45. The zero-order valence-electron chi connectivity index (χ0n) is 9.69. The molecule has 86 valence electrons. The molecule has 0 saturated carbocycles.